The standard InChI is InChI=1S/C6H12N2O/c1-2-9-6-3-5(1)8-7-4-6/h5-8H,1-4H2. The molecule has 3 nitrogen and oxygen atoms in total. The first-order valence-electron chi connectivity index (χ1n) is 3.55. The first-order valence-corrected chi connectivity index (χ1v) is 3.55. The average Bonchev–Trinajstić information content (AvgIpc) is 1.88. The van der Waals surface area contributed by atoms with Gasteiger partial charge in [0.05, 0.1) is 6.10 Å². The van der Waals surface area contributed by atoms with Gasteiger partial charge in [0, 0.05) is 19.2 Å². The summed E-state index contributed by atoms with van der Waals surface area (Å²) in [5.74, 6) is 0. The molecule has 2 unspecified atom stereocenters. The second kappa shape index (κ2) is 2.25. The van der Waals surface area contributed by atoms with Crippen molar-refractivity contribution >= 4 is 0 Å². The molecule has 0 spiro atoms. The Morgan fingerprint density at radius 1 is 1.44 bits per heavy atom. The highest BCUT2D eigenvalue weighted by molar-refractivity contribution is 4.80. The Balaban J connectivity index is 1.96. The fourth-order valence-corrected chi connectivity index (χ4v) is 1.47. The van der Waals surface area contributed by atoms with E-state index in [1.165, 1.54) is 6.42 Å². The lowest BCUT2D eigenvalue weighted by Crippen LogP contribution is -2.55. The van der Waals surface area contributed by atoms with Crippen molar-refractivity contribution in [2.24, 2.45) is 0 Å². The van der Waals surface area contributed by atoms with E-state index in [-0.39, 0.29) is 0 Å². The molecule has 2 saturated heterocycles. The van der Waals surface area contributed by atoms with Crippen LogP contribution >= 0.6 is 0 Å². The molecule has 2 heterocycles. The molecule has 0 aliphatic carbocycles. The van der Waals surface area contributed by atoms with Gasteiger partial charge in [-0.2, -0.15) is 0 Å². The minimum absolute atomic E-state index is 0.477. The molecule has 0 aromatic carbocycles. The predicted octanol–water partition coefficient (Wildman–Crippen LogP) is -0.358. The molecule has 0 amide bonds. The number of nitrogens with one attached hydrogen (secondary N) is 2. The minimum Gasteiger partial charge on any atom is -0.377 e. The molecule has 2 aliphatic rings. The fraction of sp³-hybridized carbons (Fsp3) is 1.00. The van der Waals surface area contributed by atoms with Crippen LogP contribution in [0.5, 0.6) is 0 Å². The second-order valence-electron chi connectivity index (χ2n) is 2.74. The van der Waals surface area contributed by atoms with Crippen LogP contribution in [0.15, 0.2) is 0 Å². The summed E-state index contributed by atoms with van der Waals surface area (Å²) in [5, 5.41) is 0. The van der Waals surface area contributed by atoms with E-state index in [4.69, 9.17) is 4.74 Å². The summed E-state index contributed by atoms with van der Waals surface area (Å²) in [6, 6.07) is 0.664. The predicted molar refractivity (Wildman–Crippen MR) is 33.9 cm³/mol. The van der Waals surface area contributed by atoms with Gasteiger partial charge in [-0.25, -0.2) is 0 Å². The van der Waals surface area contributed by atoms with E-state index in [9.17, 15) is 0 Å². The minimum atomic E-state index is 0.477. The molecule has 0 saturated carbocycles. The van der Waals surface area contributed by atoms with E-state index in [0.717, 1.165) is 19.6 Å². The van der Waals surface area contributed by atoms with Gasteiger partial charge in [-0.3, -0.25) is 10.9 Å². The Hall–Kier alpha value is -0.120. The molecule has 0 aromatic rings. The van der Waals surface area contributed by atoms with E-state index in [0.29, 0.717) is 12.1 Å². The first kappa shape index (κ1) is 5.65. The number of hydrogen-bond acceptors (Lipinski definition) is 3. The summed E-state index contributed by atoms with van der Waals surface area (Å²) in [7, 11) is 0. The molecule has 0 aromatic heterocycles. The normalized spacial score (nSPS) is 42.7. The Bertz CT molecular complexity index is 87.2. The van der Waals surface area contributed by atoms with Gasteiger partial charge < -0.3 is 4.74 Å². The SMILES string of the molecule is C1CC2CC(CNN2)O1. The van der Waals surface area contributed by atoms with Crippen molar-refractivity contribution in [1.82, 2.24) is 10.9 Å². The van der Waals surface area contributed by atoms with E-state index in [2.05, 4.69) is 10.9 Å². The van der Waals surface area contributed by atoms with Gasteiger partial charge in [0.2, 0.25) is 0 Å². The summed E-state index contributed by atoms with van der Waals surface area (Å²) in [6.07, 6.45) is 2.82. The average molecular weight is 128 g/mol. The number of fused-ring (bicyclic) bond motifs is 2. The third-order valence-electron chi connectivity index (χ3n) is 2.00. The maximum absolute atomic E-state index is 5.45. The Morgan fingerprint density at radius 3 is 3.22 bits per heavy atom. The van der Waals surface area contributed by atoms with Gasteiger partial charge in [0.1, 0.15) is 0 Å². The molecule has 9 heavy (non-hydrogen) atoms. The van der Waals surface area contributed by atoms with Crippen LogP contribution < -0.4 is 10.9 Å². The van der Waals surface area contributed by atoms with E-state index < -0.39 is 0 Å². The molecule has 2 N–H and O–H groups in total. The van der Waals surface area contributed by atoms with Crippen molar-refractivity contribution in [2.75, 3.05) is 13.2 Å². The van der Waals surface area contributed by atoms with Gasteiger partial charge >= 0.3 is 0 Å². The largest absolute Gasteiger partial charge is 0.377 e. The summed E-state index contributed by atoms with van der Waals surface area (Å²) < 4.78 is 5.45. The first-order chi connectivity index (χ1) is 4.45. The molecule has 2 aliphatic heterocycles. The zero-order valence-corrected chi connectivity index (χ0v) is 5.39. The molecular weight excluding hydrogens is 116 g/mol. The summed E-state index contributed by atoms with van der Waals surface area (Å²) in [4.78, 5) is 0. The summed E-state index contributed by atoms with van der Waals surface area (Å²) >= 11 is 0. The molecule has 2 bridgehead atoms. The van der Waals surface area contributed by atoms with Crippen molar-refractivity contribution in [3.05, 3.63) is 0 Å². The van der Waals surface area contributed by atoms with Gasteiger partial charge in [-0.15, -0.1) is 0 Å². The van der Waals surface area contributed by atoms with E-state index in [1.54, 1.807) is 0 Å². The van der Waals surface area contributed by atoms with Crippen LogP contribution in [0, 0.1) is 0 Å². The molecular formula is C6H12N2O. The van der Waals surface area contributed by atoms with Crippen molar-refractivity contribution < 1.29 is 4.74 Å². The van der Waals surface area contributed by atoms with Crippen molar-refractivity contribution in [1.29, 1.82) is 0 Å². The highest BCUT2D eigenvalue weighted by Gasteiger charge is 2.25. The third-order valence-corrected chi connectivity index (χ3v) is 2.00. The smallest absolute Gasteiger partial charge is 0.0728 e. The summed E-state index contributed by atoms with van der Waals surface area (Å²) in [6.45, 7) is 1.90. The van der Waals surface area contributed by atoms with Crippen molar-refractivity contribution in [3.8, 4) is 0 Å². The lowest BCUT2D eigenvalue weighted by Gasteiger charge is -2.35. The lowest BCUT2D eigenvalue weighted by molar-refractivity contribution is -0.0231. The van der Waals surface area contributed by atoms with Crippen molar-refractivity contribution in [2.45, 2.75) is 25.0 Å². The van der Waals surface area contributed by atoms with Gasteiger partial charge in [-0.05, 0) is 12.8 Å². The monoisotopic (exact) mass is 128 g/mol. The highest BCUT2D eigenvalue weighted by Crippen LogP contribution is 2.14. The Labute approximate surface area is 54.7 Å². The van der Waals surface area contributed by atoms with Crippen LogP contribution in [-0.4, -0.2) is 25.3 Å². The number of hydrogen-bond donors (Lipinski definition) is 2. The van der Waals surface area contributed by atoms with Gasteiger partial charge in [-0.1, -0.05) is 0 Å². The van der Waals surface area contributed by atoms with Gasteiger partial charge in [0.25, 0.3) is 0 Å². The second-order valence-corrected chi connectivity index (χ2v) is 2.74. The molecule has 2 fully saturated rings. The zero-order chi connectivity index (χ0) is 6.10. The van der Waals surface area contributed by atoms with Crippen LogP contribution in [0.2, 0.25) is 0 Å². The van der Waals surface area contributed by atoms with Crippen molar-refractivity contribution in [3.63, 3.8) is 0 Å². The number of ether oxygens (including phenoxy) is 1. The summed E-state index contributed by atoms with van der Waals surface area (Å²) in [5.41, 5.74) is 6.33. The van der Waals surface area contributed by atoms with Crippen LogP contribution in [0.25, 0.3) is 0 Å². The van der Waals surface area contributed by atoms with Crippen LogP contribution in [0.4, 0.5) is 0 Å². The maximum Gasteiger partial charge on any atom is 0.0728 e. The van der Waals surface area contributed by atoms with Crippen LogP contribution in [0.3, 0.4) is 0 Å². The molecule has 3 heteroatoms. The quantitative estimate of drug-likeness (QED) is 0.467. The Kier molecular flexibility index (Phi) is 1.41. The fourth-order valence-electron chi connectivity index (χ4n) is 1.47. The number of hydrazine groups is 1. The van der Waals surface area contributed by atoms with E-state index >= 15 is 0 Å². The molecule has 2 rings (SSSR count). The molecule has 2 atom stereocenters. The van der Waals surface area contributed by atoms with Crippen LogP contribution in [0.1, 0.15) is 12.8 Å². The Morgan fingerprint density at radius 2 is 2.44 bits per heavy atom. The zero-order valence-electron chi connectivity index (χ0n) is 5.39. The lowest BCUT2D eigenvalue weighted by atomic mass is 10.0. The highest BCUT2D eigenvalue weighted by atomic mass is 16.5. The topological polar surface area (TPSA) is 33.3 Å². The molecule has 52 valence electrons. The number of rotatable bonds is 0. The van der Waals surface area contributed by atoms with Crippen LogP contribution in [-0.2, 0) is 4.74 Å². The maximum atomic E-state index is 5.45. The van der Waals surface area contributed by atoms with Gasteiger partial charge in [0.15, 0.2) is 0 Å². The molecule has 0 radical (unpaired) electrons. The van der Waals surface area contributed by atoms with E-state index in [1.807, 2.05) is 0 Å². The third kappa shape index (κ3) is 1.08.